The van der Waals surface area contributed by atoms with E-state index < -0.39 is 4.92 Å². The highest BCUT2D eigenvalue weighted by Gasteiger charge is 2.12. The third-order valence-corrected chi connectivity index (χ3v) is 5.48. The number of nitrogens with one attached hydrogen (secondary N) is 1. The van der Waals surface area contributed by atoms with E-state index >= 15 is 0 Å². The van der Waals surface area contributed by atoms with Gasteiger partial charge in [-0.15, -0.1) is 0 Å². The molecule has 3 rings (SSSR count). The quantitative estimate of drug-likeness (QED) is 0.163. The molecule has 0 spiro atoms. The van der Waals surface area contributed by atoms with Crippen LogP contribution in [0.3, 0.4) is 0 Å². The van der Waals surface area contributed by atoms with Crippen molar-refractivity contribution in [1.29, 1.82) is 0 Å². The van der Waals surface area contributed by atoms with E-state index in [1.54, 1.807) is 25.5 Å². The number of methoxy groups -OCH3 is 1. The minimum Gasteiger partial charge on any atom is -0.493 e. The van der Waals surface area contributed by atoms with E-state index in [0.29, 0.717) is 23.1 Å². The second-order valence-corrected chi connectivity index (χ2v) is 8.00. The average molecular weight is 552 g/mol. The summed E-state index contributed by atoms with van der Waals surface area (Å²) in [7, 11) is 1.57. The summed E-state index contributed by atoms with van der Waals surface area (Å²) >= 11 is 8.31. The van der Waals surface area contributed by atoms with Crippen LogP contribution < -0.4 is 14.9 Å². The molecule has 0 atom stereocenters. The number of hydrogen-bond acceptors (Lipinski definition) is 6. The third kappa shape index (κ3) is 6.31. The van der Waals surface area contributed by atoms with Gasteiger partial charge < -0.3 is 14.9 Å². The van der Waals surface area contributed by atoms with Crippen molar-refractivity contribution in [2.24, 2.45) is 5.10 Å². The van der Waals surface area contributed by atoms with E-state index in [9.17, 15) is 10.1 Å². The highest BCUT2D eigenvalue weighted by Crippen LogP contribution is 2.34. The third-order valence-electron chi connectivity index (χ3n) is 4.31. The standard InChI is InChI=1S/C22H19ClIN3O4/c1-30-21-11-16(12-25-26-13-17-4-2-3-5-19(17)23)10-20(24)22(21)31-14-15-6-8-18(9-7-15)27(28)29/h2-12,26H,13-14H2,1H3/b25-12-. The molecule has 0 aliphatic carbocycles. The van der Waals surface area contributed by atoms with Crippen LogP contribution in [0.15, 0.2) is 65.8 Å². The predicted octanol–water partition coefficient (Wildman–Crippen LogP) is 5.56. The van der Waals surface area contributed by atoms with Gasteiger partial charge >= 0.3 is 0 Å². The Hall–Kier alpha value is -2.85. The highest BCUT2D eigenvalue weighted by molar-refractivity contribution is 14.1. The van der Waals surface area contributed by atoms with E-state index in [4.69, 9.17) is 21.1 Å². The van der Waals surface area contributed by atoms with Gasteiger partial charge in [-0.1, -0.05) is 29.8 Å². The summed E-state index contributed by atoms with van der Waals surface area (Å²) in [6.07, 6.45) is 1.70. The molecule has 0 radical (unpaired) electrons. The molecule has 160 valence electrons. The molecule has 0 aliphatic rings. The number of non-ortho nitro benzene ring substituents is 1. The van der Waals surface area contributed by atoms with E-state index in [1.165, 1.54) is 12.1 Å². The summed E-state index contributed by atoms with van der Waals surface area (Å²) < 4.78 is 12.3. The van der Waals surface area contributed by atoms with Crippen LogP contribution in [0, 0.1) is 13.7 Å². The van der Waals surface area contributed by atoms with Gasteiger partial charge in [-0.2, -0.15) is 5.10 Å². The van der Waals surface area contributed by atoms with Crippen LogP contribution >= 0.6 is 34.2 Å². The zero-order valence-electron chi connectivity index (χ0n) is 16.5. The van der Waals surface area contributed by atoms with Crippen molar-refractivity contribution in [1.82, 2.24) is 5.43 Å². The van der Waals surface area contributed by atoms with Crippen LogP contribution in [0.2, 0.25) is 5.02 Å². The smallest absolute Gasteiger partial charge is 0.269 e. The maximum absolute atomic E-state index is 10.8. The Morgan fingerprint density at radius 3 is 2.61 bits per heavy atom. The molecular weight excluding hydrogens is 533 g/mol. The van der Waals surface area contributed by atoms with Crippen LogP contribution in [0.1, 0.15) is 16.7 Å². The van der Waals surface area contributed by atoms with Crippen molar-refractivity contribution >= 4 is 46.1 Å². The largest absolute Gasteiger partial charge is 0.493 e. The molecule has 3 aromatic carbocycles. The Labute approximate surface area is 198 Å². The topological polar surface area (TPSA) is 86.0 Å². The SMILES string of the molecule is COc1cc(/C=N\NCc2ccccc2Cl)cc(I)c1OCc1ccc([N+](=O)[O-])cc1. The van der Waals surface area contributed by atoms with Crippen molar-refractivity contribution in [3.05, 3.63) is 96.1 Å². The Balaban J connectivity index is 1.65. The first-order chi connectivity index (χ1) is 15.0. The number of nitro groups is 1. The normalized spacial score (nSPS) is 10.8. The lowest BCUT2D eigenvalue weighted by Gasteiger charge is -2.13. The molecule has 1 N–H and O–H groups in total. The molecule has 0 aliphatic heterocycles. The summed E-state index contributed by atoms with van der Waals surface area (Å²) in [4.78, 5) is 10.3. The minimum atomic E-state index is -0.430. The van der Waals surface area contributed by atoms with Gasteiger partial charge in [0.15, 0.2) is 11.5 Å². The van der Waals surface area contributed by atoms with E-state index in [2.05, 4.69) is 33.1 Å². The lowest BCUT2D eigenvalue weighted by atomic mass is 10.2. The van der Waals surface area contributed by atoms with Crippen molar-refractivity contribution in [3.8, 4) is 11.5 Å². The zero-order valence-corrected chi connectivity index (χ0v) is 19.5. The molecule has 31 heavy (non-hydrogen) atoms. The van der Waals surface area contributed by atoms with Crippen molar-refractivity contribution in [2.45, 2.75) is 13.2 Å². The van der Waals surface area contributed by atoms with Crippen molar-refractivity contribution < 1.29 is 14.4 Å². The van der Waals surface area contributed by atoms with E-state index in [1.807, 2.05) is 36.4 Å². The van der Waals surface area contributed by atoms with Gasteiger partial charge in [0, 0.05) is 17.2 Å². The van der Waals surface area contributed by atoms with Crippen LogP contribution in [0.25, 0.3) is 0 Å². The molecule has 0 aromatic heterocycles. The first-order valence-corrected chi connectivity index (χ1v) is 10.7. The fourth-order valence-corrected chi connectivity index (χ4v) is 3.70. The molecule has 0 fully saturated rings. The van der Waals surface area contributed by atoms with Crippen molar-refractivity contribution in [3.63, 3.8) is 0 Å². The lowest BCUT2D eigenvalue weighted by Crippen LogP contribution is -2.06. The average Bonchev–Trinajstić information content (AvgIpc) is 2.77. The fraction of sp³-hybridized carbons (Fsp3) is 0.136. The number of hydrogen-bond donors (Lipinski definition) is 1. The molecule has 3 aromatic rings. The Morgan fingerprint density at radius 1 is 1.19 bits per heavy atom. The number of benzene rings is 3. The molecule has 0 saturated carbocycles. The molecule has 9 heteroatoms. The molecule has 0 unspecified atom stereocenters. The van der Waals surface area contributed by atoms with Gasteiger partial charge in [-0.3, -0.25) is 10.1 Å². The molecule has 0 amide bonds. The fourth-order valence-electron chi connectivity index (χ4n) is 2.72. The van der Waals surface area contributed by atoms with E-state index in [-0.39, 0.29) is 12.3 Å². The van der Waals surface area contributed by atoms with Gasteiger partial charge in [0.25, 0.3) is 5.69 Å². The minimum absolute atomic E-state index is 0.0442. The van der Waals surface area contributed by atoms with Crippen LogP contribution in [0.4, 0.5) is 5.69 Å². The summed E-state index contributed by atoms with van der Waals surface area (Å²) in [5, 5.41) is 15.7. The maximum Gasteiger partial charge on any atom is 0.269 e. The molecule has 0 bridgehead atoms. The number of hydrazone groups is 1. The van der Waals surface area contributed by atoms with Gasteiger partial charge in [0.1, 0.15) is 6.61 Å². The number of rotatable bonds is 9. The number of nitro benzene ring substituents is 1. The van der Waals surface area contributed by atoms with Gasteiger partial charge in [-0.05, 0) is 69.6 Å². The van der Waals surface area contributed by atoms with Crippen LogP contribution in [-0.2, 0) is 13.2 Å². The number of ether oxygens (including phenoxy) is 2. The summed E-state index contributed by atoms with van der Waals surface area (Å²) in [6.45, 7) is 0.776. The Bertz CT molecular complexity index is 1090. The molecular formula is C22H19ClIN3O4. The first-order valence-electron chi connectivity index (χ1n) is 9.21. The Kier molecular flexibility index (Phi) is 8.07. The lowest BCUT2D eigenvalue weighted by molar-refractivity contribution is -0.384. The number of halogens is 2. The van der Waals surface area contributed by atoms with Crippen LogP contribution in [-0.4, -0.2) is 18.2 Å². The predicted molar refractivity (Wildman–Crippen MR) is 129 cm³/mol. The number of nitrogens with zero attached hydrogens (tertiary/aromatic N) is 2. The van der Waals surface area contributed by atoms with Crippen molar-refractivity contribution in [2.75, 3.05) is 7.11 Å². The van der Waals surface area contributed by atoms with Crippen LogP contribution in [0.5, 0.6) is 11.5 Å². The van der Waals surface area contributed by atoms with Gasteiger partial charge in [0.2, 0.25) is 0 Å². The summed E-state index contributed by atoms with van der Waals surface area (Å²) in [5.41, 5.74) is 5.65. The zero-order chi connectivity index (χ0) is 22.2. The van der Waals surface area contributed by atoms with Gasteiger partial charge in [0.05, 0.1) is 28.4 Å². The molecule has 7 nitrogen and oxygen atoms in total. The second kappa shape index (κ2) is 11.0. The summed E-state index contributed by atoms with van der Waals surface area (Å²) in [6, 6.07) is 17.6. The Morgan fingerprint density at radius 2 is 1.94 bits per heavy atom. The maximum atomic E-state index is 10.8. The first kappa shape index (κ1) is 22.8. The second-order valence-electron chi connectivity index (χ2n) is 6.43. The highest BCUT2D eigenvalue weighted by atomic mass is 127. The molecule has 0 saturated heterocycles. The van der Waals surface area contributed by atoms with E-state index in [0.717, 1.165) is 20.3 Å². The summed E-state index contributed by atoms with van der Waals surface area (Å²) in [5.74, 6) is 1.17. The van der Waals surface area contributed by atoms with Gasteiger partial charge in [-0.25, -0.2) is 0 Å². The monoisotopic (exact) mass is 551 g/mol. The molecule has 0 heterocycles.